The van der Waals surface area contributed by atoms with Crippen LogP contribution in [-0.2, 0) is 6.42 Å². The van der Waals surface area contributed by atoms with Gasteiger partial charge in [0.2, 0.25) is 0 Å². The molecule has 1 fully saturated rings. The molecule has 0 atom stereocenters. The van der Waals surface area contributed by atoms with Gasteiger partial charge in [-0.05, 0) is 50.4 Å². The van der Waals surface area contributed by atoms with Gasteiger partial charge in [-0.25, -0.2) is 0 Å². The Hall–Kier alpha value is -1.10. The van der Waals surface area contributed by atoms with Gasteiger partial charge < -0.3 is 10.6 Å². The van der Waals surface area contributed by atoms with Crippen molar-refractivity contribution in [1.29, 1.82) is 0 Å². The lowest BCUT2D eigenvalue weighted by atomic mass is 10.1. The number of aromatic amines is 1. The summed E-state index contributed by atoms with van der Waals surface area (Å²) in [6.45, 7) is 2.98. The third kappa shape index (κ3) is 3.98. The van der Waals surface area contributed by atoms with Crippen LogP contribution in [0.25, 0.3) is 0 Å². The summed E-state index contributed by atoms with van der Waals surface area (Å²) in [6.07, 6.45) is 9.21. The number of hydrogen-bond acceptors (Lipinski definition) is 2. The van der Waals surface area contributed by atoms with E-state index in [0.717, 1.165) is 24.5 Å². The Labute approximate surface area is 114 Å². The van der Waals surface area contributed by atoms with E-state index < -0.39 is 0 Å². The highest BCUT2D eigenvalue weighted by molar-refractivity contribution is 7.80. The molecule has 0 saturated heterocycles. The Balaban J connectivity index is 1.57. The highest BCUT2D eigenvalue weighted by Gasteiger charge is 2.14. The number of nitrogens with one attached hydrogen (secondary N) is 3. The topological polar surface area (TPSA) is 52.7 Å². The van der Waals surface area contributed by atoms with Gasteiger partial charge in [-0.3, -0.25) is 5.10 Å². The van der Waals surface area contributed by atoms with Crippen molar-refractivity contribution in [3.63, 3.8) is 0 Å². The number of thiocarbonyl (C=S) groups is 1. The summed E-state index contributed by atoms with van der Waals surface area (Å²) >= 11 is 5.29. The van der Waals surface area contributed by atoms with E-state index in [1.807, 2.05) is 6.20 Å². The second kappa shape index (κ2) is 6.73. The number of aryl methyl sites for hydroxylation is 2. The quantitative estimate of drug-likeness (QED) is 0.564. The minimum atomic E-state index is 0.598. The predicted octanol–water partition coefficient (Wildman–Crippen LogP) is 2.06. The Morgan fingerprint density at radius 3 is 2.94 bits per heavy atom. The standard InChI is InChI=1S/C13H22N4S/c1-10-11(9-15-17-10)5-4-8-14-13(18)16-12-6-2-3-7-12/h9,12H,2-8H2,1H3,(H,15,17)(H2,14,16,18). The van der Waals surface area contributed by atoms with E-state index in [9.17, 15) is 0 Å². The maximum absolute atomic E-state index is 5.29. The van der Waals surface area contributed by atoms with Crippen LogP contribution in [0, 0.1) is 6.92 Å². The molecule has 3 N–H and O–H groups in total. The first-order valence-corrected chi connectivity index (χ1v) is 7.20. The number of aromatic nitrogens is 2. The molecule has 0 aromatic carbocycles. The lowest BCUT2D eigenvalue weighted by Crippen LogP contribution is -2.41. The van der Waals surface area contributed by atoms with Crippen LogP contribution in [0.1, 0.15) is 43.4 Å². The van der Waals surface area contributed by atoms with Crippen molar-refractivity contribution in [2.75, 3.05) is 6.54 Å². The summed E-state index contributed by atoms with van der Waals surface area (Å²) in [5.74, 6) is 0. The molecule has 1 aromatic heterocycles. The van der Waals surface area contributed by atoms with Crippen LogP contribution in [-0.4, -0.2) is 27.9 Å². The van der Waals surface area contributed by atoms with Crippen molar-refractivity contribution in [2.45, 2.75) is 51.5 Å². The van der Waals surface area contributed by atoms with E-state index in [2.05, 4.69) is 27.8 Å². The maximum atomic E-state index is 5.29. The molecule has 1 aromatic rings. The van der Waals surface area contributed by atoms with E-state index in [1.54, 1.807) is 0 Å². The molecular formula is C13H22N4S. The molecule has 0 spiro atoms. The zero-order chi connectivity index (χ0) is 12.8. The molecule has 0 amide bonds. The van der Waals surface area contributed by atoms with Crippen LogP contribution in [0.15, 0.2) is 6.20 Å². The molecule has 0 unspecified atom stereocenters. The van der Waals surface area contributed by atoms with Crippen molar-refractivity contribution >= 4 is 17.3 Å². The first-order valence-electron chi connectivity index (χ1n) is 6.79. The van der Waals surface area contributed by atoms with Crippen LogP contribution in [0.5, 0.6) is 0 Å². The Morgan fingerprint density at radius 2 is 2.28 bits per heavy atom. The Bertz CT molecular complexity index is 382. The van der Waals surface area contributed by atoms with Gasteiger partial charge in [-0.1, -0.05) is 12.8 Å². The van der Waals surface area contributed by atoms with Crippen LogP contribution in [0.4, 0.5) is 0 Å². The van der Waals surface area contributed by atoms with E-state index >= 15 is 0 Å². The third-order valence-corrected chi connectivity index (χ3v) is 3.80. The van der Waals surface area contributed by atoms with Gasteiger partial charge in [-0.15, -0.1) is 0 Å². The summed E-state index contributed by atoms with van der Waals surface area (Å²) in [4.78, 5) is 0. The average Bonchev–Trinajstić information content (AvgIpc) is 2.97. The van der Waals surface area contributed by atoms with Crippen LogP contribution in [0.3, 0.4) is 0 Å². The SMILES string of the molecule is Cc1[nH]ncc1CCCNC(=S)NC1CCCC1. The highest BCUT2D eigenvalue weighted by atomic mass is 32.1. The monoisotopic (exact) mass is 266 g/mol. The summed E-state index contributed by atoms with van der Waals surface area (Å²) in [7, 11) is 0. The number of rotatable bonds is 5. The molecule has 2 rings (SSSR count). The Morgan fingerprint density at radius 1 is 1.50 bits per heavy atom. The van der Waals surface area contributed by atoms with E-state index in [0.29, 0.717) is 6.04 Å². The number of hydrogen-bond donors (Lipinski definition) is 3. The third-order valence-electron chi connectivity index (χ3n) is 3.53. The molecule has 0 radical (unpaired) electrons. The summed E-state index contributed by atoms with van der Waals surface area (Å²) < 4.78 is 0. The van der Waals surface area contributed by atoms with Crippen LogP contribution >= 0.6 is 12.2 Å². The lowest BCUT2D eigenvalue weighted by molar-refractivity contribution is 0.618. The van der Waals surface area contributed by atoms with Gasteiger partial charge in [-0.2, -0.15) is 5.10 Å². The first kappa shape index (κ1) is 13.3. The first-order chi connectivity index (χ1) is 8.75. The fraction of sp³-hybridized carbons (Fsp3) is 0.692. The van der Waals surface area contributed by atoms with E-state index in [4.69, 9.17) is 12.2 Å². The second-order valence-corrected chi connectivity index (χ2v) is 5.41. The van der Waals surface area contributed by atoms with Gasteiger partial charge in [0.05, 0.1) is 6.20 Å². The molecule has 100 valence electrons. The average molecular weight is 266 g/mol. The van der Waals surface area contributed by atoms with Crippen LogP contribution < -0.4 is 10.6 Å². The predicted molar refractivity (Wildman–Crippen MR) is 77.6 cm³/mol. The van der Waals surface area contributed by atoms with Crippen molar-refractivity contribution < 1.29 is 0 Å². The van der Waals surface area contributed by atoms with Crippen molar-refractivity contribution in [3.8, 4) is 0 Å². The molecule has 4 nitrogen and oxygen atoms in total. The van der Waals surface area contributed by atoms with Crippen molar-refractivity contribution in [2.24, 2.45) is 0 Å². The molecule has 1 heterocycles. The molecular weight excluding hydrogens is 244 g/mol. The minimum absolute atomic E-state index is 0.598. The second-order valence-electron chi connectivity index (χ2n) is 5.01. The van der Waals surface area contributed by atoms with Gasteiger partial charge in [0.25, 0.3) is 0 Å². The van der Waals surface area contributed by atoms with Gasteiger partial charge in [0, 0.05) is 18.3 Å². The molecule has 0 bridgehead atoms. The number of H-pyrrole nitrogens is 1. The Kier molecular flexibility index (Phi) is 4.99. The van der Waals surface area contributed by atoms with E-state index in [-0.39, 0.29) is 0 Å². The van der Waals surface area contributed by atoms with Crippen molar-refractivity contribution in [3.05, 3.63) is 17.5 Å². The highest BCUT2D eigenvalue weighted by Crippen LogP contribution is 2.17. The smallest absolute Gasteiger partial charge is 0.166 e. The molecule has 18 heavy (non-hydrogen) atoms. The maximum Gasteiger partial charge on any atom is 0.166 e. The van der Waals surface area contributed by atoms with E-state index in [1.165, 1.54) is 36.9 Å². The van der Waals surface area contributed by atoms with Gasteiger partial charge in [0.1, 0.15) is 0 Å². The molecule has 1 aliphatic carbocycles. The summed E-state index contributed by atoms with van der Waals surface area (Å²) in [6, 6.07) is 0.598. The molecule has 1 saturated carbocycles. The molecule has 1 aliphatic rings. The van der Waals surface area contributed by atoms with Crippen LogP contribution in [0.2, 0.25) is 0 Å². The van der Waals surface area contributed by atoms with Gasteiger partial charge >= 0.3 is 0 Å². The molecule has 0 aliphatic heterocycles. The zero-order valence-electron chi connectivity index (χ0n) is 11.0. The normalized spacial score (nSPS) is 15.8. The largest absolute Gasteiger partial charge is 0.363 e. The zero-order valence-corrected chi connectivity index (χ0v) is 11.8. The lowest BCUT2D eigenvalue weighted by Gasteiger charge is -2.15. The summed E-state index contributed by atoms with van der Waals surface area (Å²) in [5.41, 5.74) is 2.47. The fourth-order valence-electron chi connectivity index (χ4n) is 2.42. The molecule has 5 heteroatoms. The summed E-state index contributed by atoms with van der Waals surface area (Å²) in [5, 5.41) is 14.5. The fourth-order valence-corrected chi connectivity index (χ4v) is 2.68. The number of nitrogens with zero attached hydrogens (tertiary/aromatic N) is 1. The minimum Gasteiger partial charge on any atom is -0.363 e. The van der Waals surface area contributed by atoms with Gasteiger partial charge in [0.15, 0.2) is 5.11 Å². The van der Waals surface area contributed by atoms with Crippen molar-refractivity contribution in [1.82, 2.24) is 20.8 Å².